The summed E-state index contributed by atoms with van der Waals surface area (Å²) in [5.74, 6) is -2.10. The first kappa shape index (κ1) is 15.2. The molecule has 0 aromatic heterocycles. The van der Waals surface area contributed by atoms with Gasteiger partial charge in [0.2, 0.25) is 0 Å². The van der Waals surface area contributed by atoms with Crippen LogP contribution in [0.1, 0.15) is 28.4 Å². The molecule has 0 saturated heterocycles. The second-order valence-electron chi connectivity index (χ2n) is 4.90. The Morgan fingerprint density at radius 1 is 1.10 bits per heavy atom. The molecule has 21 heavy (non-hydrogen) atoms. The van der Waals surface area contributed by atoms with Gasteiger partial charge < -0.3 is 4.90 Å². The van der Waals surface area contributed by atoms with E-state index in [0.29, 0.717) is 17.8 Å². The van der Waals surface area contributed by atoms with Crippen molar-refractivity contribution in [3.05, 3.63) is 64.7 Å². The Labute approximate surface area is 123 Å². The third-order valence-corrected chi connectivity index (χ3v) is 3.61. The number of carbonyl (C=O) groups is 1. The highest BCUT2D eigenvalue weighted by atomic mass is 19.2. The fraction of sp³-hybridized carbons (Fsp3) is 0.235. The number of carbonyl (C=O) groups excluding carboxylic acids is 1. The molecule has 0 N–H and O–H groups in total. The van der Waals surface area contributed by atoms with E-state index in [-0.39, 0.29) is 5.91 Å². The molecule has 0 radical (unpaired) electrons. The van der Waals surface area contributed by atoms with Gasteiger partial charge in [-0.25, -0.2) is 8.78 Å². The van der Waals surface area contributed by atoms with E-state index in [9.17, 15) is 13.6 Å². The van der Waals surface area contributed by atoms with E-state index in [1.165, 1.54) is 11.0 Å². The lowest BCUT2D eigenvalue weighted by molar-refractivity contribution is 0.0987. The van der Waals surface area contributed by atoms with E-state index >= 15 is 0 Å². The minimum absolute atomic E-state index is 0.218. The summed E-state index contributed by atoms with van der Waals surface area (Å²) in [5.41, 5.74) is 2.83. The fourth-order valence-electron chi connectivity index (χ4n) is 2.22. The maximum absolute atomic E-state index is 13.4. The lowest BCUT2D eigenvalue weighted by Crippen LogP contribution is -2.31. The lowest BCUT2D eigenvalue weighted by Gasteiger charge is -2.22. The molecule has 0 spiro atoms. The summed E-state index contributed by atoms with van der Waals surface area (Å²) in [6.45, 7) is 5.98. The van der Waals surface area contributed by atoms with E-state index in [4.69, 9.17) is 0 Å². The average molecular weight is 289 g/mol. The molecular formula is C17H17F2NO. The topological polar surface area (TPSA) is 20.3 Å². The lowest BCUT2D eigenvalue weighted by atomic mass is 10.0. The highest BCUT2D eigenvalue weighted by Crippen LogP contribution is 2.22. The van der Waals surface area contributed by atoms with Gasteiger partial charge in [-0.2, -0.15) is 0 Å². The highest BCUT2D eigenvalue weighted by Gasteiger charge is 2.19. The largest absolute Gasteiger partial charge is 0.309 e. The second kappa shape index (κ2) is 6.04. The maximum atomic E-state index is 13.4. The first-order valence-corrected chi connectivity index (χ1v) is 6.78. The molecule has 0 aliphatic rings. The minimum atomic E-state index is -0.959. The molecular weight excluding hydrogens is 272 g/mol. The van der Waals surface area contributed by atoms with Crippen molar-refractivity contribution < 1.29 is 13.6 Å². The number of hydrogen-bond acceptors (Lipinski definition) is 1. The zero-order valence-corrected chi connectivity index (χ0v) is 12.3. The zero-order chi connectivity index (χ0) is 15.6. The third kappa shape index (κ3) is 2.94. The average Bonchev–Trinajstić information content (AvgIpc) is 2.46. The predicted molar refractivity (Wildman–Crippen MR) is 79.6 cm³/mol. The van der Waals surface area contributed by atoms with Gasteiger partial charge in [-0.3, -0.25) is 4.79 Å². The molecule has 0 bridgehead atoms. The SMILES string of the molecule is CCN(C(=O)c1cccc(C)c1C)c1ccc(F)c(F)c1. The van der Waals surface area contributed by atoms with E-state index < -0.39 is 11.6 Å². The maximum Gasteiger partial charge on any atom is 0.258 e. The minimum Gasteiger partial charge on any atom is -0.309 e. The molecule has 0 saturated carbocycles. The molecule has 0 unspecified atom stereocenters. The van der Waals surface area contributed by atoms with Gasteiger partial charge in [0.15, 0.2) is 11.6 Å². The van der Waals surface area contributed by atoms with Crippen LogP contribution in [-0.2, 0) is 0 Å². The molecule has 0 fully saturated rings. The van der Waals surface area contributed by atoms with Gasteiger partial charge in [0.25, 0.3) is 5.91 Å². The van der Waals surface area contributed by atoms with Gasteiger partial charge in [-0.1, -0.05) is 12.1 Å². The van der Waals surface area contributed by atoms with E-state index in [2.05, 4.69) is 0 Å². The van der Waals surface area contributed by atoms with Crippen molar-refractivity contribution in [2.75, 3.05) is 11.4 Å². The third-order valence-electron chi connectivity index (χ3n) is 3.61. The van der Waals surface area contributed by atoms with Crippen LogP contribution in [0.25, 0.3) is 0 Å². The van der Waals surface area contributed by atoms with Crippen LogP contribution in [-0.4, -0.2) is 12.5 Å². The van der Waals surface area contributed by atoms with Crippen LogP contribution in [0.5, 0.6) is 0 Å². The summed E-state index contributed by atoms with van der Waals surface area (Å²) >= 11 is 0. The molecule has 0 heterocycles. The van der Waals surface area contributed by atoms with Crippen LogP contribution in [0.4, 0.5) is 14.5 Å². The molecule has 4 heteroatoms. The summed E-state index contributed by atoms with van der Waals surface area (Å²) in [5, 5.41) is 0. The molecule has 2 rings (SSSR count). The molecule has 2 nitrogen and oxygen atoms in total. The number of benzene rings is 2. The van der Waals surface area contributed by atoms with Crippen LogP contribution >= 0.6 is 0 Å². The van der Waals surface area contributed by atoms with Crippen LogP contribution in [0.3, 0.4) is 0 Å². The Morgan fingerprint density at radius 2 is 1.81 bits per heavy atom. The van der Waals surface area contributed by atoms with Crippen molar-refractivity contribution in [1.29, 1.82) is 0 Å². The van der Waals surface area contributed by atoms with Gasteiger partial charge in [0.1, 0.15) is 0 Å². The van der Waals surface area contributed by atoms with E-state index in [0.717, 1.165) is 23.3 Å². The Bertz CT molecular complexity index is 682. The van der Waals surface area contributed by atoms with Crippen molar-refractivity contribution in [3.63, 3.8) is 0 Å². The van der Waals surface area contributed by atoms with Crippen LogP contribution in [0, 0.1) is 25.5 Å². The van der Waals surface area contributed by atoms with Gasteiger partial charge in [0.05, 0.1) is 0 Å². The van der Waals surface area contributed by atoms with Crippen LogP contribution < -0.4 is 4.90 Å². The monoisotopic (exact) mass is 289 g/mol. The molecule has 0 aliphatic carbocycles. The van der Waals surface area contributed by atoms with Crippen molar-refractivity contribution in [3.8, 4) is 0 Å². The number of hydrogen-bond donors (Lipinski definition) is 0. The van der Waals surface area contributed by atoms with Gasteiger partial charge in [-0.15, -0.1) is 0 Å². The molecule has 0 atom stereocenters. The van der Waals surface area contributed by atoms with Crippen molar-refractivity contribution in [2.24, 2.45) is 0 Å². The first-order valence-electron chi connectivity index (χ1n) is 6.78. The van der Waals surface area contributed by atoms with E-state index in [1.807, 2.05) is 26.0 Å². The zero-order valence-electron chi connectivity index (χ0n) is 12.3. The summed E-state index contributed by atoms with van der Waals surface area (Å²) in [6.07, 6.45) is 0. The smallest absolute Gasteiger partial charge is 0.258 e. The second-order valence-corrected chi connectivity index (χ2v) is 4.90. The van der Waals surface area contributed by atoms with Crippen LogP contribution in [0.2, 0.25) is 0 Å². The van der Waals surface area contributed by atoms with Crippen LogP contribution in [0.15, 0.2) is 36.4 Å². The summed E-state index contributed by atoms with van der Waals surface area (Å²) in [6, 6.07) is 8.97. The van der Waals surface area contributed by atoms with Crippen molar-refractivity contribution >= 4 is 11.6 Å². The predicted octanol–water partition coefficient (Wildman–Crippen LogP) is 4.25. The van der Waals surface area contributed by atoms with Gasteiger partial charge >= 0.3 is 0 Å². The molecule has 2 aromatic carbocycles. The summed E-state index contributed by atoms with van der Waals surface area (Å²) < 4.78 is 26.4. The summed E-state index contributed by atoms with van der Waals surface area (Å²) in [4.78, 5) is 14.1. The Hall–Kier alpha value is -2.23. The number of rotatable bonds is 3. The number of anilines is 1. The summed E-state index contributed by atoms with van der Waals surface area (Å²) in [7, 11) is 0. The molecule has 110 valence electrons. The Morgan fingerprint density at radius 3 is 2.43 bits per heavy atom. The number of aryl methyl sites for hydroxylation is 1. The molecule has 0 aliphatic heterocycles. The van der Waals surface area contributed by atoms with Gasteiger partial charge in [0, 0.05) is 23.9 Å². The molecule has 1 amide bonds. The molecule has 2 aromatic rings. The fourth-order valence-corrected chi connectivity index (χ4v) is 2.22. The highest BCUT2D eigenvalue weighted by molar-refractivity contribution is 6.07. The van der Waals surface area contributed by atoms with E-state index in [1.54, 1.807) is 13.0 Å². The Kier molecular flexibility index (Phi) is 4.36. The normalized spacial score (nSPS) is 10.5. The Balaban J connectivity index is 2.43. The number of nitrogens with zero attached hydrogens (tertiary/aromatic N) is 1. The number of amides is 1. The van der Waals surface area contributed by atoms with Crippen molar-refractivity contribution in [2.45, 2.75) is 20.8 Å². The van der Waals surface area contributed by atoms with Gasteiger partial charge in [-0.05, 0) is 50.1 Å². The standard InChI is InChI=1S/C17H17F2NO/c1-4-20(13-8-9-15(18)16(19)10-13)17(21)14-7-5-6-11(2)12(14)3/h5-10H,4H2,1-3H3. The van der Waals surface area contributed by atoms with Crippen molar-refractivity contribution in [1.82, 2.24) is 0 Å². The number of halogens is 2. The quantitative estimate of drug-likeness (QED) is 0.827. The first-order chi connectivity index (χ1) is 9.95.